The second-order valence-electron chi connectivity index (χ2n) is 7.93. The molecule has 3 rings (SSSR count). The van der Waals surface area contributed by atoms with Crippen molar-refractivity contribution in [2.45, 2.75) is 40.0 Å². The van der Waals surface area contributed by atoms with Crippen LogP contribution in [0, 0.1) is 22.7 Å². The van der Waals surface area contributed by atoms with E-state index in [-0.39, 0.29) is 0 Å². The molecule has 0 bridgehead atoms. The highest BCUT2D eigenvalue weighted by Gasteiger charge is 2.32. The Labute approximate surface area is 153 Å². The zero-order valence-corrected chi connectivity index (χ0v) is 16.4. The maximum absolute atomic E-state index is 9.62. The van der Waals surface area contributed by atoms with Crippen molar-refractivity contribution in [1.82, 2.24) is 0 Å². The van der Waals surface area contributed by atoms with Crippen LogP contribution in [-0.4, -0.2) is 20.3 Å². The summed E-state index contributed by atoms with van der Waals surface area (Å²) in [6.45, 7) is 6.92. The lowest BCUT2D eigenvalue weighted by Crippen LogP contribution is -2.26. The summed E-state index contributed by atoms with van der Waals surface area (Å²) in [5, 5.41) is 10.4. The monoisotopic (exact) mass is 355 g/mol. The molecule has 0 saturated carbocycles. The van der Waals surface area contributed by atoms with Gasteiger partial charge in [0.15, 0.2) is 5.88 Å². The Bertz CT molecular complexity index is 830. The van der Waals surface area contributed by atoms with Crippen LogP contribution < -0.4 is 4.90 Å². The van der Waals surface area contributed by atoms with Crippen LogP contribution in [0.5, 0.6) is 0 Å². The van der Waals surface area contributed by atoms with Gasteiger partial charge in [0, 0.05) is 25.0 Å². The number of nitriles is 1. The van der Waals surface area contributed by atoms with E-state index < -0.39 is 0 Å². The molecule has 0 aliphatic heterocycles. The average molecular weight is 356 g/mol. The van der Waals surface area contributed by atoms with Gasteiger partial charge in [-0.2, -0.15) is 5.26 Å². The van der Waals surface area contributed by atoms with Gasteiger partial charge in [0.2, 0.25) is 0 Å². The molecule has 2 heterocycles. The molecule has 0 fully saturated rings. The first-order valence-corrected chi connectivity index (χ1v) is 9.47. The summed E-state index contributed by atoms with van der Waals surface area (Å²) in [7, 11) is 3.87. The van der Waals surface area contributed by atoms with Crippen LogP contribution >= 0.6 is 11.3 Å². The highest BCUT2D eigenvalue weighted by molar-refractivity contribution is 7.16. The molecule has 1 aliphatic rings. The van der Waals surface area contributed by atoms with Crippen molar-refractivity contribution in [3.05, 3.63) is 33.9 Å². The highest BCUT2D eigenvalue weighted by atomic mass is 32.1. The molecule has 0 saturated heterocycles. The van der Waals surface area contributed by atoms with E-state index in [9.17, 15) is 5.26 Å². The van der Waals surface area contributed by atoms with Crippen molar-refractivity contribution in [3.63, 3.8) is 0 Å². The molecule has 0 N–H and O–H groups in total. The van der Waals surface area contributed by atoms with E-state index in [0.717, 1.165) is 35.7 Å². The molecule has 1 atom stereocenters. The van der Waals surface area contributed by atoms with Crippen LogP contribution in [-0.2, 0) is 12.8 Å². The lowest BCUT2D eigenvalue weighted by atomic mass is 9.72. The molecule has 0 unspecified atom stereocenters. The number of nitrogens with zero attached hydrogens (tertiary/aromatic N) is 3. The largest absolute Gasteiger partial charge is 0.440 e. The number of anilines is 1. The van der Waals surface area contributed by atoms with E-state index in [2.05, 4.69) is 31.8 Å². The van der Waals surface area contributed by atoms with E-state index >= 15 is 0 Å². The predicted molar refractivity (Wildman–Crippen MR) is 104 cm³/mol. The van der Waals surface area contributed by atoms with Gasteiger partial charge in [-0.15, -0.1) is 11.3 Å². The van der Waals surface area contributed by atoms with E-state index in [0.29, 0.717) is 17.1 Å². The van der Waals surface area contributed by atoms with Crippen LogP contribution in [0.3, 0.4) is 0 Å². The lowest BCUT2D eigenvalue weighted by molar-refractivity contribution is 0.218. The minimum atomic E-state index is 0.300. The SMILES string of the molecule is CN(C)c1ccc(C=Nc2sc3c(c2C#N)CC[C@@H](C(C)(C)C)C3)o1. The third kappa shape index (κ3) is 3.64. The van der Waals surface area contributed by atoms with Gasteiger partial charge in [0.25, 0.3) is 0 Å². The Balaban J connectivity index is 1.87. The molecule has 0 spiro atoms. The number of hydrogen-bond donors (Lipinski definition) is 0. The van der Waals surface area contributed by atoms with Gasteiger partial charge in [-0.25, -0.2) is 4.99 Å². The van der Waals surface area contributed by atoms with Crippen LogP contribution in [0.2, 0.25) is 0 Å². The summed E-state index contributed by atoms with van der Waals surface area (Å²) in [6, 6.07) is 6.19. The van der Waals surface area contributed by atoms with Gasteiger partial charge in [-0.3, -0.25) is 0 Å². The first-order chi connectivity index (χ1) is 11.8. The summed E-state index contributed by atoms with van der Waals surface area (Å²) in [5.41, 5.74) is 2.27. The molecule has 0 amide bonds. The average Bonchev–Trinajstić information content (AvgIpc) is 3.15. The topological polar surface area (TPSA) is 52.5 Å². The number of aliphatic imine (C=N–C) groups is 1. The summed E-state index contributed by atoms with van der Waals surface area (Å²) >= 11 is 1.67. The van der Waals surface area contributed by atoms with Crippen LogP contribution in [0.4, 0.5) is 10.9 Å². The third-order valence-electron chi connectivity index (χ3n) is 4.95. The Morgan fingerprint density at radius 1 is 1.36 bits per heavy atom. The summed E-state index contributed by atoms with van der Waals surface area (Å²) < 4.78 is 5.70. The van der Waals surface area contributed by atoms with Gasteiger partial charge in [0.05, 0.1) is 11.8 Å². The zero-order valence-electron chi connectivity index (χ0n) is 15.6. The van der Waals surface area contributed by atoms with Gasteiger partial charge in [-0.05, 0) is 42.2 Å². The minimum Gasteiger partial charge on any atom is -0.440 e. The van der Waals surface area contributed by atoms with Crippen LogP contribution in [0.15, 0.2) is 21.5 Å². The molecule has 2 aromatic rings. The molecule has 132 valence electrons. The molecule has 2 aromatic heterocycles. The summed E-state index contributed by atoms with van der Waals surface area (Å²) in [4.78, 5) is 7.82. The van der Waals surface area contributed by atoms with Crippen LogP contribution in [0.1, 0.15) is 49.0 Å². The summed E-state index contributed by atoms with van der Waals surface area (Å²) in [6.07, 6.45) is 4.90. The molecule has 25 heavy (non-hydrogen) atoms. The minimum absolute atomic E-state index is 0.300. The fourth-order valence-corrected chi connectivity index (χ4v) is 4.51. The van der Waals surface area contributed by atoms with Gasteiger partial charge in [0.1, 0.15) is 16.8 Å². The van der Waals surface area contributed by atoms with Crippen molar-refractivity contribution >= 4 is 28.4 Å². The number of fused-ring (bicyclic) bond motifs is 1. The first-order valence-electron chi connectivity index (χ1n) is 8.65. The highest BCUT2D eigenvalue weighted by Crippen LogP contribution is 2.44. The maximum Gasteiger partial charge on any atom is 0.195 e. The van der Waals surface area contributed by atoms with Crippen molar-refractivity contribution in [2.24, 2.45) is 16.3 Å². The number of rotatable bonds is 3. The van der Waals surface area contributed by atoms with Crippen LogP contribution in [0.25, 0.3) is 0 Å². The summed E-state index contributed by atoms with van der Waals surface area (Å²) in [5.74, 6) is 2.15. The van der Waals surface area contributed by atoms with Crippen molar-refractivity contribution in [3.8, 4) is 6.07 Å². The fraction of sp³-hybridized carbons (Fsp3) is 0.500. The normalized spacial score (nSPS) is 17.5. The van der Waals surface area contributed by atoms with Crippen molar-refractivity contribution in [2.75, 3.05) is 19.0 Å². The second kappa shape index (κ2) is 6.68. The predicted octanol–water partition coefficient (Wildman–Crippen LogP) is 5.18. The van der Waals surface area contributed by atoms with E-state index in [1.165, 1.54) is 10.4 Å². The Morgan fingerprint density at radius 3 is 2.72 bits per heavy atom. The Kier molecular flexibility index (Phi) is 4.75. The molecule has 5 heteroatoms. The standard InChI is InChI=1S/C20H25N3OS/c1-20(2,3)13-6-8-15-16(11-21)19(25-17(15)10-13)22-12-14-7-9-18(24-14)23(4)5/h7,9,12-13H,6,8,10H2,1-5H3/t13-/m1/s1. The molecule has 1 aliphatic carbocycles. The molecular formula is C20H25N3OS. The Morgan fingerprint density at radius 2 is 2.12 bits per heavy atom. The second-order valence-corrected chi connectivity index (χ2v) is 9.01. The lowest BCUT2D eigenvalue weighted by Gasteiger charge is -2.33. The fourth-order valence-electron chi connectivity index (χ4n) is 3.29. The van der Waals surface area contributed by atoms with E-state index in [4.69, 9.17) is 4.42 Å². The smallest absolute Gasteiger partial charge is 0.195 e. The number of hydrogen-bond acceptors (Lipinski definition) is 5. The molecular weight excluding hydrogens is 330 g/mol. The van der Waals surface area contributed by atoms with E-state index in [1.807, 2.05) is 31.1 Å². The maximum atomic E-state index is 9.62. The van der Waals surface area contributed by atoms with Gasteiger partial charge in [-0.1, -0.05) is 20.8 Å². The molecule has 0 radical (unpaired) electrons. The first kappa shape index (κ1) is 17.8. The zero-order chi connectivity index (χ0) is 18.2. The quantitative estimate of drug-likeness (QED) is 0.713. The molecule has 0 aromatic carbocycles. The van der Waals surface area contributed by atoms with E-state index in [1.54, 1.807) is 17.6 Å². The van der Waals surface area contributed by atoms with Crippen molar-refractivity contribution in [1.29, 1.82) is 5.26 Å². The number of furan rings is 1. The molecule has 4 nitrogen and oxygen atoms in total. The Hall–Kier alpha value is -2.06. The van der Waals surface area contributed by atoms with Gasteiger partial charge < -0.3 is 9.32 Å². The number of thiophene rings is 1. The van der Waals surface area contributed by atoms with Crippen molar-refractivity contribution < 1.29 is 4.42 Å². The van der Waals surface area contributed by atoms with Gasteiger partial charge >= 0.3 is 0 Å². The third-order valence-corrected chi connectivity index (χ3v) is 6.11.